The van der Waals surface area contributed by atoms with Gasteiger partial charge >= 0.3 is 23.9 Å². The second-order valence-electron chi connectivity index (χ2n) is 3.93. The minimum absolute atomic E-state index is 0.0322. The van der Waals surface area contributed by atoms with Crippen molar-refractivity contribution in [3.05, 3.63) is 50.6 Å². The van der Waals surface area contributed by atoms with E-state index in [-0.39, 0.29) is 39.6 Å². The Hall–Kier alpha value is -3.24. The van der Waals surface area contributed by atoms with Crippen LogP contribution in [-0.2, 0) is 38.1 Å². The summed E-state index contributed by atoms with van der Waals surface area (Å²) in [6.07, 6.45) is 4.18. The van der Waals surface area contributed by atoms with Crippen LogP contribution in [-0.4, -0.2) is 73.7 Å². The van der Waals surface area contributed by atoms with Crippen LogP contribution in [0.4, 0.5) is 0 Å². The molecule has 0 heterocycles. The lowest BCUT2D eigenvalue weighted by atomic mass is 10.6. The van der Waals surface area contributed by atoms with Crippen LogP contribution < -0.4 is 0 Å². The highest BCUT2D eigenvalue weighted by atomic mass is 16.6. The first kappa shape index (κ1) is 29.5. The molecule has 0 radical (unpaired) electrons. The third-order valence-electron chi connectivity index (χ3n) is 1.91. The number of carbonyl (C=O) groups excluding carboxylic acids is 4. The molecule has 0 amide bonds. The molecule has 0 spiro atoms. The van der Waals surface area contributed by atoms with E-state index >= 15 is 0 Å². The molecule has 10 heteroatoms. The van der Waals surface area contributed by atoms with Crippen molar-refractivity contribution in [1.82, 2.24) is 0 Å². The van der Waals surface area contributed by atoms with Gasteiger partial charge < -0.3 is 29.2 Å². The maximum atomic E-state index is 10.4. The zero-order valence-electron chi connectivity index (χ0n) is 15.5. The van der Waals surface area contributed by atoms with Crippen LogP contribution in [0.25, 0.3) is 0 Å². The average molecular weight is 402 g/mol. The minimum Gasteiger partial charge on any atom is -0.460 e. The predicted molar refractivity (Wildman–Crippen MR) is 98.8 cm³/mol. The van der Waals surface area contributed by atoms with Crippen LogP contribution in [0, 0.1) is 0 Å². The standard InChI is InChI=1S/C8H10O4.2C5H8O3/c1-3-7(9)11-5-6-12-8(10)4-2;2*1-2-5(7)8-4-3-6/h3-4H,1-2,5-6H2;2*2,6H,1,3-4H2. The van der Waals surface area contributed by atoms with Crippen molar-refractivity contribution < 1.29 is 48.3 Å². The first-order valence-corrected chi connectivity index (χ1v) is 7.71. The fourth-order valence-electron chi connectivity index (χ4n) is 0.813. The van der Waals surface area contributed by atoms with Gasteiger partial charge in [0, 0.05) is 24.3 Å². The first-order valence-electron chi connectivity index (χ1n) is 7.71. The van der Waals surface area contributed by atoms with Gasteiger partial charge in [0.05, 0.1) is 13.2 Å². The molecule has 0 saturated carbocycles. The van der Waals surface area contributed by atoms with Gasteiger partial charge in [0.2, 0.25) is 0 Å². The van der Waals surface area contributed by atoms with Gasteiger partial charge in [0.25, 0.3) is 0 Å². The van der Waals surface area contributed by atoms with Gasteiger partial charge in [0.15, 0.2) is 0 Å². The Morgan fingerprint density at radius 3 is 0.929 bits per heavy atom. The van der Waals surface area contributed by atoms with Gasteiger partial charge in [0.1, 0.15) is 26.4 Å². The fourth-order valence-corrected chi connectivity index (χ4v) is 0.813. The first-order chi connectivity index (χ1) is 13.3. The molecular weight excluding hydrogens is 376 g/mol. The van der Waals surface area contributed by atoms with E-state index in [1.165, 1.54) is 0 Å². The molecule has 0 atom stereocenters. The molecular formula is C18H26O10. The van der Waals surface area contributed by atoms with Crippen LogP contribution >= 0.6 is 0 Å². The molecule has 0 aromatic carbocycles. The lowest BCUT2D eigenvalue weighted by Gasteiger charge is -2.01. The predicted octanol–water partition coefficient (Wildman–Crippen LogP) is -0.139. The summed E-state index contributed by atoms with van der Waals surface area (Å²) in [7, 11) is 0. The van der Waals surface area contributed by atoms with Crippen LogP contribution in [0.1, 0.15) is 0 Å². The van der Waals surface area contributed by atoms with Crippen molar-refractivity contribution in [1.29, 1.82) is 0 Å². The number of aliphatic hydroxyl groups is 2. The Labute approximate surface area is 163 Å². The van der Waals surface area contributed by atoms with E-state index in [9.17, 15) is 19.2 Å². The topological polar surface area (TPSA) is 146 Å². The van der Waals surface area contributed by atoms with E-state index in [0.29, 0.717) is 0 Å². The summed E-state index contributed by atoms with van der Waals surface area (Å²) in [6, 6.07) is 0. The fraction of sp³-hybridized carbons (Fsp3) is 0.333. The van der Waals surface area contributed by atoms with Crippen molar-refractivity contribution in [3.8, 4) is 0 Å². The zero-order chi connectivity index (χ0) is 22.2. The molecule has 0 aromatic heterocycles. The van der Waals surface area contributed by atoms with Crippen LogP contribution in [0.5, 0.6) is 0 Å². The molecule has 2 N–H and O–H groups in total. The van der Waals surface area contributed by atoms with E-state index < -0.39 is 23.9 Å². The monoisotopic (exact) mass is 402 g/mol. The second-order valence-corrected chi connectivity index (χ2v) is 3.93. The quantitative estimate of drug-likeness (QED) is 0.207. The Bertz CT molecular complexity index is 464. The molecule has 0 saturated heterocycles. The number of carbonyl (C=O) groups is 4. The van der Waals surface area contributed by atoms with Gasteiger partial charge in [-0.1, -0.05) is 26.3 Å². The average Bonchev–Trinajstić information content (AvgIpc) is 2.73. The molecule has 0 unspecified atom stereocenters. The summed E-state index contributed by atoms with van der Waals surface area (Å²) < 4.78 is 17.7. The summed E-state index contributed by atoms with van der Waals surface area (Å²) in [5, 5.41) is 16.2. The minimum atomic E-state index is -0.537. The molecule has 0 aliphatic rings. The van der Waals surface area contributed by atoms with Crippen LogP contribution in [0.15, 0.2) is 50.6 Å². The highest BCUT2D eigenvalue weighted by Crippen LogP contribution is 1.83. The van der Waals surface area contributed by atoms with Gasteiger partial charge in [-0.05, 0) is 0 Å². The van der Waals surface area contributed by atoms with E-state index in [4.69, 9.17) is 10.2 Å². The van der Waals surface area contributed by atoms with Crippen molar-refractivity contribution in [2.24, 2.45) is 0 Å². The number of esters is 4. The molecule has 0 fully saturated rings. The van der Waals surface area contributed by atoms with Gasteiger partial charge in [-0.3, -0.25) is 0 Å². The largest absolute Gasteiger partial charge is 0.460 e. The third-order valence-corrected chi connectivity index (χ3v) is 1.91. The molecule has 10 nitrogen and oxygen atoms in total. The molecule has 0 rings (SSSR count). The summed E-state index contributed by atoms with van der Waals surface area (Å²) in [4.78, 5) is 41.1. The Kier molecular flexibility index (Phi) is 25.1. The van der Waals surface area contributed by atoms with Crippen molar-refractivity contribution in [2.75, 3.05) is 39.6 Å². The third kappa shape index (κ3) is 27.6. The smallest absolute Gasteiger partial charge is 0.330 e. The number of ether oxygens (including phenoxy) is 4. The van der Waals surface area contributed by atoms with E-state index in [0.717, 1.165) is 24.3 Å². The molecule has 28 heavy (non-hydrogen) atoms. The summed E-state index contributed by atoms with van der Waals surface area (Å²) in [6.45, 7) is 12.6. The second kappa shape index (κ2) is 23.8. The summed E-state index contributed by atoms with van der Waals surface area (Å²) in [5.41, 5.74) is 0. The lowest BCUT2D eigenvalue weighted by molar-refractivity contribution is -0.146. The van der Waals surface area contributed by atoms with Crippen molar-refractivity contribution in [2.45, 2.75) is 0 Å². The number of aliphatic hydroxyl groups excluding tert-OH is 2. The highest BCUT2D eigenvalue weighted by molar-refractivity contribution is 5.82. The van der Waals surface area contributed by atoms with E-state index in [2.05, 4.69) is 45.3 Å². The maximum Gasteiger partial charge on any atom is 0.330 e. The normalized spacial score (nSPS) is 8.21. The molecule has 0 bridgehead atoms. The van der Waals surface area contributed by atoms with Crippen molar-refractivity contribution >= 4 is 23.9 Å². The van der Waals surface area contributed by atoms with Crippen molar-refractivity contribution in [3.63, 3.8) is 0 Å². The number of hydrogen-bond acceptors (Lipinski definition) is 10. The van der Waals surface area contributed by atoms with Gasteiger partial charge in [-0.2, -0.15) is 0 Å². The molecule has 0 aliphatic heterocycles. The van der Waals surface area contributed by atoms with Crippen LogP contribution in [0.3, 0.4) is 0 Å². The van der Waals surface area contributed by atoms with Gasteiger partial charge in [-0.25, -0.2) is 19.2 Å². The van der Waals surface area contributed by atoms with E-state index in [1.807, 2.05) is 0 Å². The number of hydrogen-bond donors (Lipinski definition) is 2. The van der Waals surface area contributed by atoms with Crippen LogP contribution in [0.2, 0.25) is 0 Å². The maximum absolute atomic E-state index is 10.4. The lowest BCUT2D eigenvalue weighted by Crippen LogP contribution is -2.10. The molecule has 0 aromatic rings. The van der Waals surface area contributed by atoms with Gasteiger partial charge in [-0.15, -0.1) is 0 Å². The zero-order valence-corrected chi connectivity index (χ0v) is 15.5. The Balaban J connectivity index is -0.000000347. The summed E-state index contributed by atoms with van der Waals surface area (Å²) >= 11 is 0. The highest BCUT2D eigenvalue weighted by Gasteiger charge is 1.97. The summed E-state index contributed by atoms with van der Waals surface area (Å²) in [5.74, 6) is -2.08. The molecule has 158 valence electrons. The number of rotatable bonds is 11. The SMILES string of the molecule is C=CC(=O)OCCO.C=CC(=O)OCCO.C=CC(=O)OCCOC(=O)C=C. The van der Waals surface area contributed by atoms with E-state index in [1.54, 1.807) is 0 Å². The Morgan fingerprint density at radius 1 is 0.536 bits per heavy atom. The Morgan fingerprint density at radius 2 is 0.750 bits per heavy atom. The molecule has 0 aliphatic carbocycles.